The number of rotatable bonds is 5. The molecule has 3 rings (SSSR count). The Kier molecular flexibility index (Phi) is 6.12. The summed E-state index contributed by atoms with van der Waals surface area (Å²) in [7, 11) is 3.19. The second-order valence-electron chi connectivity index (χ2n) is 6.51. The maximum absolute atomic E-state index is 13.0. The third-order valence-corrected chi connectivity index (χ3v) is 4.72. The molecule has 0 spiro atoms. The van der Waals surface area contributed by atoms with Crippen molar-refractivity contribution >= 4 is 5.91 Å². The minimum Gasteiger partial charge on any atom is -0.497 e. The van der Waals surface area contributed by atoms with Crippen LogP contribution >= 0.6 is 0 Å². The van der Waals surface area contributed by atoms with E-state index in [9.17, 15) is 4.79 Å². The average molecular weight is 354 g/mol. The van der Waals surface area contributed by atoms with Crippen molar-refractivity contribution in [3.05, 3.63) is 59.7 Å². The lowest BCUT2D eigenvalue weighted by molar-refractivity contribution is 0.0760. The molecule has 1 heterocycles. The molecular formula is C21H26N2O3. The summed E-state index contributed by atoms with van der Waals surface area (Å²) in [5.41, 5.74) is 1.92. The molecule has 0 unspecified atom stereocenters. The quantitative estimate of drug-likeness (QED) is 0.828. The van der Waals surface area contributed by atoms with Gasteiger partial charge in [0.15, 0.2) is 0 Å². The first-order valence-electron chi connectivity index (χ1n) is 8.98. The smallest absolute Gasteiger partial charge is 0.254 e. The summed E-state index contributed by atoms with van der Waals surface area (Å²) in [6.07, 6.45) is 0.972. The average Bonchev–Trinajstić information content (AvgIpc) is 2.93. The van der Waals surface area contributed by atoms with Gasteiger partial charge in [0.05, 0.1) is 14.2 Å². The molecule has 5 heteroatoms. The van der Waals surface area contributed by atoms with Gasteiger partial charge >= 0.3 is 0 Å². The lowest BCUT2D eigenvalue weighted by Gasteiger charge is -2.22. The van der Waals surface area contributed by atoms with Gasteiger partial charge in [-0.2, -0.15) is 0 Å². The van der Waals surface area contributed by atoms with Gasteiger partial charge in [0.1, 0.15) is 11.5 Å². The Morgan fingerprint density at radius 1 is 0.923 bits per heavy atom. The fourth-order valence-corrected chi connectivity index (χ4v) is 3.29. The third kappa shape index (κ3) is 4.55. The van der Waals surface area contributed by atoms with E-state index in [-0.39, 0.29) is 5.91 Å². The van der Waals surface area contributed by atoms with E-state index in [0.29, 0.717) is 17.1 Å². The van der Waals surface area contributed by atoms with Crippen molar-refractivity contribution in [1.29, 1.82) is 0 Å². The van der Waals surface area contributed by atoms with Gasteiger partial charge in [-0.25, -0.2) is 0 Å². The number of hydrogen-bond donors (Lipinski definition) is 0. The van der Waals surface area contributed by atoms with Gasteiger partial charge in [-0.1, -0.05) is 30.3 Å². The minimum absolute atomic E-state index is 0.0313. The number of ether oxygens (including phenoxy) is 2. The number of amides is 1. The van der Waals surface area contributed by atoms with Crippen LogP contribution in [0.4, 0.5) is 0 Å². The SMILES string of the molecule is COc1cc(OC)cc(C(=O)N2CCCN(Cc3ccccc3)CC2)c1. The first kappa shape index (κ1) is 18.3. The van der Waals surface area contributed by atoms with Crippen LogP contribution < -0.4 is 9.47 Å². The van der Waals surface area contributed by atoms with Crippen molar-refractivity contribution in [3.8, 4) is 11.5 Å². The highest BCUT2D eigenvalue weighted by atomic mass is 16.5. The number of carbonyl (C=O) groups excluding carboxylic acids is 1. The van der Waals surface area contributed by atoms with E-state index < -0.39 is 0 Å². The van der Waals surface area contributed by atoms with E-state index >= 15 is 0 Å². The summed E-state index contributed by atoms with van der Waals surface area (Å²) in [5, 5.41) is 0. The molecule has 0 radical (unpaired) electrons. The summed E-state index contributed by atoms with van der Waals surface area (Å²) in [5.74, 6) is 1.30. The molecule has 2 aromatic rings. The van der Waals surface area contributed by atoms with E-state index in [1.54, 1.807) is 32.4 Å². The summed E-state index contributed by atoms with van der Waals surface area (Å²) in [4.78, 5) is 17.3. The van der Waals surface area contributed by atoms with Crippen molar-refractivity contribution in [2.75, 3.05) is 40.4 Å². The van der Waals surface area contributed by atoms with Gasteiger partial charge < -0.3 is 14.4 Å². The highest BCUT2D eigenvalue weighted by Gasteiger charge is 2.21. The molecule has 0 N–H and O–H groups in total. The van der Waals surface area contributed by atoms with Gasteiger partial charge in [-0.05, 0) is 24.1 Å². The summed E-state index contributed by atoms with van der Waals surface area (Å²) in [6.45, 7) is 4.30. The van der Waals surface area contributed by atoms with Crippen LogP contribution in [0.1, 0.15) is 22.3 Å². The monoisotopic (exact) mass is 354 g/mol. The van der Waals surface area contributed by atoms with Gasteiger partial charge in [-0.15, -0.1) is 0 Å². The van der Waals surface area contributed by atoms with Crippen LogP contribution in [-0.4, -0.2) is 56.1 Å². The summed E-state index contributed by atoms with van der Waals surface area (Å²) in [6, 6.07) is 15.8. The Morgan fingerprint density at radius 3 is 2.27 bits per heavy atom. The van der Waals surface area contributed by atoms with Crippen molar-refractivity contribution in [2.24, 2.45) is 0 Å². The maximum Gasteiger partial charge on any atom is 0.254 e. The normalized spacial score (nSPS) is 15.4. The molecule has 5 nitrogen and oxygen atoms in total. The Balaban J connectivity index is 1.66. The van der Waals surface area contributed by atoms with E-state index in [1.165, 1.54) is 5.56 Å². The van der Waals surface area contributed by atoms with Crippen molar-refractivity contribution in [2.45, 2.75) is 13.0 Å². The Labute approximate surface area is 155 Å². The van der Waals surface area contributed by atoms with Crippen LogP contribution in [0.5, 0.6) is 11.5 Å². The van der Waals surface area contributed by atoms with Gasteiger partial charge in [0.2, 0.25) is 0 Å². The number of hydrogen-bond acceptors (Lipinski definition) is 4. The molecule has 138 valence electrons. The van der Waals surface area contributed by atoms with Crippen LogP contribution in [0.3, 0.4) is 0 Å². The fourth-order valence-electron chi connectivity index (χ4n) is 3.29. The number of carbonyl (C=O) groups is 1. The van der Waals surface area contributed by atoms with Crippen LogP contribution in [0.15, 0.2) is 48.5 Å². The number of benzene rings is 2. The van der Waals surface area contributed by atoms with E-state index in [0.717, 1.165) is 39.1 Å². The van der Waals surface area contributed by atoms with Crippen LogP contribution in [0.2, 0.25) is 0 Å². The van der Waals surface area contributed by atoms with E-state index in [2.05, 4.69) is 29.2 Å². The molecule has 0 saturated carbocycles. The van der Waals surface area contributed by atoms with Gasteiger partial charge in [-0.3, -0.25) is 9.69 Å². The molecular weight excluding hydrogens is 328 g/mol. The maximum atomic E-state index is 13.0. The number of methoxy groups -OCH3 is 2. The molecule has 1 aliphatic heterocycles. The predicted octanol–water partition coefficient (Wildman–Crippen LogP) is 3.05. The topological polar surface area (TPSA) is 42.0 Å². The molecule has 1 saturated heterocycles. The first-order chi connectivity index (χ1) is 12.7. The molecule has 1 aliphatic rings. The Hall–Kier alpha value is -2.53. The first-order valence-corrected chi connectivity index (χ1v) is 8.98. The van der Waals surface area contributed by atoms with Crippen molar-refractivity contribution in [3.63, 3.8) is 0 Å². The standard InChI is InChI=1S/C21H26N2O3/c1-25-19-13-18(14-20(15-19)26-2)21(24)23-10-6-9-22(11-12-23)16-17-7-4-3-5-8-17/h3-5,7-8,13-15H,6,9-12,16H2,1-2H3. The molecule has 1 amide bonds. The number of nitrogens with zero attached hydrogens (tertiary/aromatic N) is 2. The molecule has 0 aromatic heterocycles. The molecule has 0 bridgehead atoms. The van der Waals surface area contributed by atoms with Crippen LogP contribution in [0.25, 0.3) is 0 Å². The van der Waals surface area contributed by atoms with Crippen molar-refractivity contribution < 1.29 is 14.3 Å². The highest BCUT2D eigenvalue weighted by molar-refractivity contribution is 5.95. The molecule has 1 fully saturated rings. The largest absolute Gasteiger partial charge is 0.497 e. The van der Waals surface area contributed by atoms with Gasteiger partial charge in [0, 0.05) is 44.4 Å². The second-order valence-corrected chi connectivity index (χ2v) is 6.51. The summed E-state index contributed by atoms with van der Waals surface area (Å²) < 4.78 is 10.6. The van der Waals surface area contributed by atoms with E-state index in [4.69, 9.17) is 9.47 Å². The lowest BCUT2D eigenvalue weighted by atomic mass is 10.1. The minimum atomic E-state index is 0.0313. The fraction of sp³-hybridized carbons (Fsp3) is 0.381. The lowest BCUT2D eigenvalue weighted by Crippen LogP contribution is -2.35. The zero-order valence-electron chi connectivity index (χ0n) is 15.5. The Morgan fingerprint density at radius 2 is 1.62 bits per heavy atom. The van der Waals surface area contributed by atoms with Crippen LogP contribution in [-0.2, 0) is 6.54 Å². The zero-order chi connectivity index (χ0) is 18.4. The van der Waals surface area contributed by atoms with Crippen LogP contribution in [0, 0.1) is 0 Å². The van der Waals surface area contributed by atoms with E-state index in [1.807, 2.05) is 11.0 Å². The second kappa shape index (κ2) is 8.72. The van der Waals surface area contributed by atoms with Gasteiger partial charge in [0.25, 0.3) is 5.91 Å². The summed E-state index contributed by atoms with van der Waals surface area (Å²) >= 11 is 0. The van der Waals surface area contributed by atoms with Crippen molar-refractivity contribution in [1.82, 2.24) is 9.80 Å². The third-order valence-electron chi connectivity index (χ3n) is 4.72. The predicted molar refractivity (Wildman–Crippen MR) is 102 cm³/mol. The molecule has 26 heavy (non-hydrogen) atoms. The molecule has 2 aromatic carbocycles. The highest BCUT2D eigenvalue weighted by Crippen LogP contribution is 2.24. The zero-order valence-corrected chi connectivity index (χ0v) is 15.5. The Bertz CT molecular complexity index is 711. The molecule has 0 aliphatic carbocycles. The molecule has 0 atom stereocenters.